The quantitative estimate of drug-likeness (QED) is 0.845. The summed E-state index contributed by atoms with van der Waals surface area (Å²) in [5, 5.41) is 0. The Morgan fingerprint density at radius 2 is 1.82 bits per heavy atom. The number of halogens is 1. The summed E-state index contributed by atoms with van der Waals surface area (Å²) in [7, 11) is 1.37. The fourth-order valence-corrected chi connectivity index (χ4v) is 3.03. The molecule has 22 heavy (non-hydrogen) atoms. The molecule has 1 aromatic carbocycles. The number of allylic oxidation sites excluding steroid dienone is 2. The molecule has 110 valence electrons. The van der Waals surface area contributed by atoms with Crippen LogP contribution in [0.15, 0.2) is 52.8 Å². The van der Waals surface area contributed by atoms with Gasteiger partial charge in [-0.25, -0.2) is 0 Å². The molecule has 0 atom stereocenters. The van der Waals surface area contributed by atoms with Crippen molar-refractivity contribution in [1.82, 2.24) is 4.98 Å². The number of carbonyl (C=O) groups is 2. The second-order valence-electron chi connectivity index (χ2n) is 4.85. The highest BCUT2D eigenvalue weighted by atomic mass is 79.9. The van der Waals surface area contributed by atoms with E-state index in [0.717, 1.165) is 5.56 Å². The smallest absolute Gasteiger partial charge is 0.229 e. The monoisotopic (exact) mass is 357 g/mol. The van der Waals surface area contributed by atoms with Gasteiger partial charge in [0.2, 0.25) is 11.6 Å². The van der Waals surface area contributed by atoms with E-state index in [1.54, 1.807) is 12.3 Å². The summed E-state index contributed by atoms with van der Waals surface area (Å²) in [6, 6.07) is 11.3. The van der Waals surface area contributed by atoms with Gasteiger partial charge in [0.25, 0.3) is 0 Å². The van der Waals surface area contributed by atoms with Gasteiger partial charge in [-0.1, -0.05) is 30.3 Å². The number of benzene rings is 1. The Kier molecular flexibility index (Phi) is 3.90. The Hall–Kier alpha value is -2.27. The summed E-state index contributed by atoms with van der Waals surface area (Å²) in [4.78, 5) is 29.3. The second-order valence-corrected chi connectivity index (χ2v) is 5.64. The van der Waals surface area contributed by atoms with Crippen molar-refractivity contribution >= 4 is 27.5 Å². The summed E-state index contributed by atoms with van der Waals surface area (Å²) in [5.41, 5.74) is 2.31. The lowest BCUT2D eigenvalue weighted by atomic mass is 9.90. The van der Waals surface area contributed by atoms with Crippen LogP contribution in [0.2, 0.25) is 0 Å². The van der Waals surface area contributed by atoms with Gasteiger partial charge in [-0.05, 0) is 27.6 Å². The third kappa shape index (κ3) is 2.37. The van der Waals surface area contributed by atoms with E-state index in [9.17, 15) is 9.59 Å². The van der Waals surface area contributed by atoms with Crippen LogP contribution in [-0.2, 0) is 11.2 Å². The highest BCUT2D eigenvalue weighted by Gasteiger charge is 2.34. The largest absolute Gasteiger partial charge is 0.491 e. The molecular weight excluding hydrogens is 346 g/mol. The molecule has 1 aliphatic rings. The zero-order valence-electron chi connectivity index (χ0n) is 11.8. The number of carbonyl (C=O) groups excluding carboxylic acids is 2. The molecule has 1 aliphatic carbocycles. The van der Waals surface area contributed by atoms with Crippen LogP contribution in [-0.4, -0.2) is 23.7 Å². The molecule has 2 aromatic rings. The molecule has 0 radical (unpaired) electrons. The average Bonchev–Trinajstić information content (AvgIpc) is 2.54. The van der Waals surface area contributed by atoms with Crippen LogP contribution in [0, 0.1) is 0 Å². The molecule has 3 rings (SSSR count). The standard InChI is InChI=1S/C17H12BrNO3/c1-22-17-14(18)16(21)13-11(15(17)20)7-8-19-12(13)9-10-5-3-2-4-6-10/h2-8H,9H2,1H3. The molecule has 0 fully saturated rings. The highest BCUT2D eigenvalue weighted by Crippen LogP contribution is 2.31. The summed E-state index contributed by atoms with van der Waals surface area (Å²) >= 11 is 3.17. The van der Waals surface area contributed by atoms with E-state index in [2.05, 4.69) is 20.9 Å². The van der Waals surface area contributed by atoms with Crippen molar-refractivity contribution in [2.24, 2.45) is 0 Å². The minimum atomic E-state index is -0.305. The van der Waals surface area contributed by atoms with Crippen molar-refractivity contribution in [3.8, 4) is 0 Å². The number of Topliss-reactive ketones (excluding diaryl/α,β-unsaturated/α-hetero) is 2. The van der Waals surface area contributed by atoms with Crippen LogP contribution in [0.5, 0.6) is 0 Å². The molecule has 5 heteroatoms. The summed E-state index contributed by atoms with van der Waals surface area (Å²) in [6.07, 6.45) is 2.04. The number of ketones is 2. The highest BCUT2D eigenvalue weighted by molar-refractivity contribution is 9.12. The van der Waals surface area contributed by atoms with E-state index < -0.39 is 0 Å². The van der Waals surface area contributed by atoms with Gasteiger partial charge in [-0.2, -0.15) is 0 Å². The lowest BCUT2D eigenvalue weighted by Gasteiger charge is -2.19. The van der Waals surface area contributed by atoms with Crippen LogP contribution >= 0.6 is 15.9 Å². The molecule has 0 saturated carbocycles. The van der Waals surface area contributed by atoms with Crippen LogP contribution in [0.1, 0.15) is 32.0 Å². The SMILES string of the molecule is COC1=C(Br)C(=O)c2c(ccnc2Cc2ccccc2)C1=O. The lowest BCUT2D eigenvalue weighted by Crippen LogP contribution is -2.23. The third-order valence-corrected chi connectivity index (χ3v) is 4.24. The van der Waals surface area contributed by atoms with E-state index in [0.29, 0.717) is 23.2 Å². The number of methoxy groups -OCH3 is 1. The number of nitrogens with zero attached hydrogens (tertiary/aromatic N) is 1. The third-order valence-electron chi connectivity index (χ3n) is 3.52. The van der Waals surface area contributed by atoms with Crippen LogP contribution < -0.4 is 0 Å². The molecule has 0 N–H and O–H groups in total. The molecule has 4 nitrogen and oxygen atoms in total. The van der Waals surface area contributed by atoms with Gasteiger partial charge in [0.15, 0.2) is 5.76 Å². The van der Waals surface area contributed by atoms with Crippen molar-refractivity contribution in [1.29, 1.82) is 0 Å². The van der Waals surface area contributed by atoms with Crippen LogP contribution in [0.25, 0.3) is 0 Å². The maximum absolute atomic E-state index is 12.6. The molecule has 1 aromatic heterocycles. The predicted molar refractivity (Wildman–Crippen MR) is 85.1 cm³/mol. The average molecular weight is 358 g/mol. The van der Waals surface area contributed by atoms with Gasteiger partial charge in [-0.15, -0.1) is 0 Å². The van der Waals surface area contributed by atoms with E-state index in [4.69, 9.17) is 4.74 Å². The van der Waals surface area contributed by atoms with E-state index >= 15 is 0 Å². The Bertz CT molecular complexity index is 797. The number of pyridine rings is 1. The fourth-order valence-electron chi connectivity index (χ4n) is 2.49. The summed E-state index contributed by atoms with van der Waals surface area (Å²) < 4.78 is 5.19. The normalized spacial score (nSPS) is 14.1. The maximum atomic E-state index is 12.6. The zero-order valence-corrected chi connectivity index (χ0v) is 13.4. The topological polar surface area (TPSA) is 56.3 Å². The van der Waals surface area contributed by atoms with Crippen LogP contribution in [0.4, 0.5) is 0 Å². The van der Waals surface area contributed by atoms with Crippen molar-refractivity contribution in [2.75, 3.05) is 7.11 Å². The number of aromatic nitrogens is 1. The molecular formula is C17H12BrNO3. The molecule has 0 amide bonds. The fraction of sp³-hybridized carbons (Fsp3) is 0.118. The first-order valence-corrected chi connectivity index (χ1v) is 7.47. The van der Waals surface area contributed by atoms with E-state index in [1.807, 2.05) is 30.3 Å². The molecule has 0 spiro atoms. The molecule has 1 heterocycles. The van der Waals surface area contributed by atoms with Crippen LogP contribution in [0.3, 0.4) is 0 Å². The zero-order chi connectivity index (χ0) is 15.7. The van der Waals surface area contributed by atoms with Crippen molar-refractivity contribution in [2.45, 2.75) is 6.42 Å². The van der Waals surface area contributed by atoms with Gasteiger partial charge in [0.1, 0.15) is 4.48 Å². The minimum Gasteiger partial charge on any atom is -0.491 e. The second kappa shape index (κ2) is 5.85. The van der Waals surface area contributed by atoms with Gasteiger partial charge in [0, 0.05) is 18.2 Å². The Morgan fingerprint density at radius 3 is 2.50 bits per heavy atom. The van der Waals surface area contributed by atoms with Gasteiger partial charge in [-0.3, -0.25) is 14.6 Å². The Balaban J connectivity index is 2.11. The predicted octanol–water partition coefficient (Wildman–Crippen LogP) is 3.30. The van der Waals surface area contributed by atoms with Crippen molar-refractivity contribution in [3.05, 3.63) is 75.2 Å². The van der Waals surface area contributed by atoms with Gasteiger partial charge < -0.3 is 4.74 Å². The molecule has 0 saturated heterocycles. The number of rotatable bonds is 3. The van der Waals surface area contributed by atoms with E-state index in [-0.39, 0.29) is 21.8 Å². The van der Waals surface area contributed by atoms with Gasteiger partial charge in [0.05, 0.1) is 18.4 Å². The Morgan fingerprint density at radius 1 is 1.09 bits per heavy atom. The van der Waals surface area contributed by atoms with Crippen molar-refractivity contribution in [3.63, 3.8) is 0 Å². The minimum absolute atomic E-state index is 0.0364. The summed E-state index contributed by atoms with van der Waals surface area (Å²) in [6.45, 7) is 0. The number of hydrogen-bond acceptors (Lipinski definition) is 4. The lowest BCUT2D eigenvalue weighted by molar-refractivity contribution is 0.0913. The van der Waals surface area contributed by atoms with Gasteiger partial charge >= 0.3 is 0 Å². The molecule has 0 bridgehead atoms. The van der Waals surface area contributed by atoms with E-state index in [1.165, 1.54) is 7.11 Å². The molecule has 0 unspecified atom stereocenters. The number of hydrogen-bond donors (Lipinski definition) is 0. The first-order chi connectivity index (χ1) is 10.6. The first kappa shape index (κ1) is 14.7. The Labute approximate surface area is 136 Å². The van der Waals surface area contributed by atoms with Crippen molar-refractivity contribution < 1.29 is 14.3 Å². The maximum Gasteiger partial charge on any atom is 0.229 e. The first-order valence-electron chi connectivity index (χ1n) is 6.68. The molecule has 0 aliphatic heterocycles. The summed E-state index contributed by atoms with van der Waals surface area (Å²) in [5.74, 6) is -0.541. The number of ether oxygens (including phenoxy) is 1. The number of fused-ring (bicyclic) bond motifs is 1.